The molecule has 23 heavy (non-hydrogen) atoms. The van der Waals surface area contributed by atoms with E-state index in [0.717, 1.165) is 22.3 Å². The molecule has 0 radical (unpaired) electrons. The lowest BCUT2D eigenvalue weighted by molar-refractivity contribution is 0.858. The van der Waals surface area contributed by atoms with Gasteiger partial charge in [-0.2, -0.15) is 5.10 Å². The molecule has 0 fully saturated rings. The maximum absolute atomic E-state index is 4.68. The highest BCUT2D eigenvalue weighted by atomic mass is 79.9. The van der Waals surface area contributed by atoms with Crippen molar-refractivity contribution in [3.05, 3.63) is 101 Å². The van der Waals surface area contributed by atoms with Gasteiger partial charge in [0.2, 0.25) is 0 Å². The van der Waals surface area contributed by atoms with Crippen molar-refractivity contribution in [2.75, 3.05) is 5.01 Å². The van der Waals surface area contributed by atoms with Crippen LogP contribution < -0.4 is 5.01 Å². The SMILES string of the molecule is Brc1ccc(C=NN(Cc2ccccc2)c2ccccc2)cc1. The van der Waals surface area contributed by atoms with Gasteiger partial charge in [0.05, 0.1) is 18.4 Å². The highest BCUT2D eigenvalue weighted by Crippen LogP contribution is 2.17. The van der Waals surface area contributed by atoms with E-state index < -0.39 is 0 Å². The first-order valence-corrected chi connectivity index (χ1v) is 8.26. The number of nitrogens with zero attached hydrogens (tertiary/aromatic N) is 2. The van der Waals surface area contributed by atoms with Crippen molar-refractivity contribution in [1.82, 2.24) is 0 Å². The van der Waals surface area contributed by atoms with Gasteiger partial charge < -0.3 is 0 Å². The Bertz CT molecular complexity index is 753. The fourth-order valence-corrected chi connectivity index (χ4v) is 2.50. The number of hydrogen-bond acceptors (Lipinski definition) is 2. The van der Waals surface area contributed by atoms with E-state index in [-0.39, 0.29) is 0 Å². The summed E-state index contributed by atoms with van der Waals surface area (Å²) in [6.45, 7) is 0.734. The molecule has 0 aliphatic rings. The molecule has 3 aromatic carbocycles. The monoisotopic (exact) mass is 364 g/mol. The summed E-state index contributed by atoms with van der Waals surface area (Å²) in [6.07, 6.45) is 1.89. The third-order valence-electron chi connectivity index (χ3n) is 3.45. The number of benzene rings is 3. The predicted octanol–water partition coefficient (Wildman–Crippen LogP) is 5.49. The summed E-state index contributed by atoms with van der Waals surface area (Å²) < 4.78 is 1.07. The van der Waals surface area contributed by atoms with Gasteiger partial charge in [-0.25, -0.2) is 0 Å². The van der Waals surface area contributed by atoms with Crippen LogP contribution in [-0.2, 0) is 6.54 Å². The van der Waals surface area contributed by atoms with Gasteiger partial charge in [-0.3, -0.25) is 5.01 Å². The number of rotatable bonds is 5. The van der Waals surface area contributed by atoms with Crippen LogP contribution in [0.5, 0.6) is 0 Å². The molecule has 0 bridgehead atoms. The molecule has 3 heteroatoms. The molecule has 0 spiro atoms. The molecule has 0 N–H and O–H groups in total. The molecular formula is C20H17BrN2. The van der Waals surface area contributed by atoms with E-state index in [0.29, 0.717) is 0 Å². The van der Waals surface area contributed by atoms with Crippen LogP contribution in [0.1, 0.15) is 11.1 Å². The van der Waals surface area contributed by atoms with Crippen molar-refractivity contribution in [1.29, 1.82) is 0 Å². The molecule has 114 valence electrons. The Kier molecular flexibility index (Phi) is 5.22. The first-order valence-electron chi connectivity index (χ1n) is 7.47. The zero-order chi connectivity index (χ0) is 15.9. The molecule has 0 unspecified atom stereocenters. The van der Waals surface area contributed by atoms with Gasteiger partial charge in [-0.15, -0.1) is 0 Å². The number of hydrogen-bond donors (Lipinski definition) is 0. The van der Waals surface area contributed by atoms with Crippen molar-refractivity contribution < 1.29 is 0 Å². The first kappa shape index (κ1) is 15.5. The van der Waals surface area contributed by atoms with Crippen LogP contribution in [0, 0.1) is 0 Å². The smallest absolute Gasteiger partial charge is 0.0666 e. The molecule has 0 aliphatic heterocycles. The molecule has 0 saturated carbocycles. The van der Waals surface area contributed by atoms with Crippen molar-refractivity contribution in [2.45, 2.75) is 6.54 Å². The Labute approximate surface area is 145 Å². The Balaban J connectivity index is 1.84. The van der Waals surface area contributed by atoms with Crippen LogP contribution in [0.15, 0.2) is 94.5 Å². The number of anilines is 1. The normalized spacial score (nSPS) is 10.8. The van der Waals surface area contributed by atoms with Gasteiger partial charge in [0.1, 0.15) is 0 Å². The summed E-state index contributed by atoms with van der Waals surface area (Å²) in [7, 11) is 0. The highest BCUT2D eigenvalue weighted by Gasteiger charge is 2.05. The molecule has 2 nitrogen and oxygen atoms in total. The lowest BCUT2D eigenvalue weighted by Crippen LogP contribution is -2.15. The molecule has 0 aromatic heterocycles. The van der Waals surface area contributed by atoms with Crippen LogP contribution in [-0.4, -0.2) is 6.21 Å². The summed E-state index contributed by atoms with van der Waals surface area (Å²) >= 11 is 3.45. The Morgan fingerprint density at radius 2 is 1.39 bits per heavy atom. The van der Waals surface area contributed by atoms with E-state index in [1.54, 1.807) is 0 Å². The van der Waals surface area contributed by atoms with Gasteiger partial charge in [0, 0.05) is 4.47 Å². The van der Waals surface area contributed by atoms with Gasteiger partial charge in [0.15, 0.2) is 0 Å². The van der Waals surface area contributed by atoms with E-state index >= 15 is 0 Å². The summed E-state index contributed by atoms with van der Waals surface area (Å²) in [5.41, 5.74) is 3.37. The van der Waals surface area contributed by atoms with E-state index in [4.69, 9.17) is 0 Å². The molecule has 0 aliphatic carbocycles. The average molecular weight is 365 g/mol. The third kappa shape index (κ3) is 4.54. The Morgan fingerprint density at radius 3 is 2.04 bits per heavy atom. The topological polar surface area (TPSA) is 15.6 Å². The zero-order valence-corrected chi connectivity index (χ0v) is 14.2. The van der Waals surface area contributed by atoms with Gasteiger partial charge in [-0.1, -0.05) is 76.6 Å². The fourth-order valence-electron chi connectivity index (χ4n) is 2.24. The second-order valence-electron chi connectivity index (χ2n) is 5.17. The minimum absolute atomic E-state index is 0.734. The number of hydrazone groups is 1. The van der Waals surface area contributed by atoms with Crippen molar-refractivity contribution in [2.24, 2.45) is 5.10 Å². The minimum atomic E-state index is 0.734. The van der Waals surface area contributed by atoms with E-state index in [1.807, 2.05) is 59.8 Å². The minimum Gasteiger partial charge on any atom is -0.261 e. The third-order valence-corrected chi connectivity index (χ3v) is 3.97. The Morgan fingerprint density at radius 1 is 0.783 bits per heavy atom. The summed E-state index contributed by atoms with van der Waals surface area (Å²) in [4.78, 5) is 0. The maximum atomic E-state index is 4.68. The van der Waals surface area contributed by atoms with Crippen molar-refractivity contribution >= 4 is 27.8 Å². The van der Waals surface area contributed by atoms with E-state index in [1.165, 1.54) is 5.56 Å². The number of halogens is 1. The Hall–Kier alpha value is -2.39. The van der Waals surface area contributed by atoms with Crippen LogP contribution in [0.25, 0.3) is 0 Å². The molecule has 0 saturated heterocycles. The lowest BCUT2D eigenvalue weighted by atomic mass is 10.2. The molecule has 0 heterocycles. The quantitative estimate of drug-likeness (QED) is 0.431. The predicted molar refractivity (Wildman–Crippen MR) is 101 cm³/mol. The van der Waals surface area contributed by atoms with Crippen LogP contribution in [0.4, 0.5) is 5.69 Å². The second-order valence-corrected chi connectivity index (χ2v) is 6.09. The molecule has 0 atom stereocenters. The van der Waals surface area contributed by atoms with Crippen LogP contribution in [0.2, 0.25) is 0 Å². The molecule has 0 amide bonds. The zero-order valence-electron chi connectivity index (χ0n) is 12.6. The average Bonchev–Trinajstić information content (AvgIpc) is 2.61. The second kappa shape index (κ2) is 7.75. The van der Waals surface area contributed by atoms with Crippen molar-refractivity contribution in [3.8, 4) is 0 Å². The van der Waals surface area contributed by atoms with Crippen LogP contribution >= 0.6 is 15.9 Å². The molecule has 3 rings (SSSR count). The molecular weight excluding hydrogens is 348 g/mol. The summed E-state index contributed by atoms with van der Waals surface area (Å²) in [6, 6.07) is 28.7. The van der Waals surface area contributed by atoms with E-state index in [2.05, 4.69) is 57.4 Å². The lowest BCUT2D eigenvalue weighted by Gasteiger charge is -2.19. The van der Waals surface area contributed by atoms with E-state index in [9.17, 15) is 0 Å². The first-order chi connectivity index (χ1) is 11.3. The van der Waals surface area contributed by atoms with Gasteiger partial charge in [-0.05, 0) is 35.4 Å². The molecule has 3 aromatic rings. The number of para-hydroxylation sites is 1. The maximum Gasteiger partial charge on any atom is 0.0666 e. The largest absolute Gasteiger partial charge is 0.261 e. The van der Waals surface area contributed by atoms with Gasteiger partial charge in [0.25, 0.3) is 0 Å². The standard InChI is InChI=1S/C20H17BrN2/c21-19-13-11-17(12-14-19)15-22-23(20-9-5-2-6-10-20)16-18-7-3-1-4-8-18/h1-15H,16H2. The van der Waals surface area contributed by atoms with Gasteiger partial charge >= 0.3 is 0 Å². The van der Waals surface area contributed by atoms with Crippen molar-refractivity contribution in [3.63, 3.8) is 0 Å². The highest BCUT2D eigenvalue weighted by molar-refractivity contribution is 9.10. The fraction of sp³-hybridized carbons (Fsp3) is 0.0500. The summed E-state index contributed by atoms with van der Waals surface area (Å²) in [5, 5.41) is 6.69. The van der Waals surface area contributed by atoms with Crippen LogP contribution in [0.3, 0.4) is 0 Å². The summed E-state index contributed by atoms with van der Waals surface area (Å²) in [5.74, 6) is 0.